The molecule has 0 nitrogen and oxygen atoms in total. The van der Waals surface area contributed by atoms with E-state index >= 15 is 0 Å². The van der Waals surface area contributed by atoms with E-state index in [9.17, 15) is 0 Å². The maximum absolute atomic E-state index is 2.27. The van der Waals surface area contributed by atoms with Gasteiger partial charge in [0.2, 0.25) is 0 Å². The summed E-state index contributed by atoms with van der Waals surface area (Å²) in [5.41, 5.74) is 1.59. The van der Waals surface area contributed by atoms with Crippen molar-refractivity contribution in [2.24, 2.45) is 0 Å². The summed E-state index contributed by atoms with van der Waals surface area (Å²) in [5.74, 6) is 1.59. The Morgan fingerprint density at radius 1 is 1.18 bits per heavy atom. The third-order valence-corrected chi connectivity index (χ3v) is 2.34. The zero-order chi connectivity index (χ0) is 8.10. The van der Waals surface area contributed by atoms with Crippen LogP contribution < -0.4 is 0 Å². The van der Waals surface area contributed by atoms with Crippen LogP contribution in [0.3, 0.4) is 0 Å². The molecule has 0 aromatic carbocycles. The van der Waals surface area contributed by atoms with E-state index in [1.54, 1.807) is 11.5 Å². The maximum atomic E-state index is 2.27. The van der Waals surface area contributed by atoms with Crippen molar-refractivity contribution in [1.29, 1.82) is 0 Å². The molecule has 0 N–H and O–H groups in total. The van der Waals surface area contributed by atoms with Crippen molar-refractivity contribution in [2.75, 3.05) is 0 Å². The molecule has 11 heavy (non-hydrogen) atoms. The Labute approximate surface area is 70.0 Å². The molecule has 1 aliphatic rings. The lowest BCUT2D eigenvalue weighted by atomic mass is 9.99. The zero-order valence-corrected chi connectivity index (χ0v) is 7.56. The first kappa shape index (κ1) is 8.58. The zero-order valence-electron chi connectivity index (χ0n) is 7.56. The van der Waals surface area contributed by atoms with Gasteiger partial charge in [-0.05, 0) is 31.6 Å². The molecule has 0 saturated heterocycles. The smallest absolute Gasteiger partial charge is 0.00237 e. The van der Waals surface area contributed by atoms with Gasteiger partial charge in [0.05, 0.1) is 0 Å². The van der Waals surface area contributed by atoms with Crippen molar-refractivity contribution in [3.8, 4) is 0 Å². The van der Waals surface area contributed by atoms with Crippen molar-refractivity contribution in [1.82, 2.24) is 0 Å². The summed E-state index contributed by atoms with van der Waals surface area (Å²) in [6.07, 6.45) is 11.7. The Bertz CT molecular complexity index is 163. The van der Waals surface area contributed by atoms with E-state index < -0.39 is 0 Å². The molecule has 0 spiro atoms. The van der Waals surface area contributed by atoms with Crippen LogP contribution in [0.5, 0.6) is 0 Å². The Balaban J connectivity index is 2.48. The minimum Gasteiger partial charge on any atom is -0.0774 e. The lowest BCUT2D eigenvalue weighted by molar-refractivity contribution is 0.785. The van der Waals surface area contributed by atoms with E-state index in [1.165, 1.54) is 25.7 Å². The molecule has 1 radical (unpaired) electrons. The van der Waals surface area contributed by atoms with Gasteiger partial charge in [0, 0.05) is 0 Å². The van der Waals surface area contributed by atoms with Crippen LogP contribution in [0.2, 0.25) is 0 Å². The van der Waals surface area contributed by atoms with Crippen molar-refractivity contribution >= 4 is 0 Å². The summed E-state index contributed by atoms with van der Waals surface area (Å²) in [6, 6.07) is 0. The molecule has 61 valence electrons. The summed E-state index contributed by atoms with van der Waals surface area (Å²) in [6.45, 7) is 4.47. The summed E-state index contributed by atoms with van der Waals surface area (Å²) in [7, 11) is 0. The number of allylic oxidation sites excluding steroid dienone is 4. The van der Waals surface area contributed by atoms with E-state index in [2.05, 4.69) is 32.1 Å². The molecule has 1 rings (SSSR count). The largest absolute Gasteiger partial charge is 0.0774 e. The summed E-state index contributed by atoms with van der Waals surface area (Å²) < 4.78 is 0. The van der Waals surface area contributed by atoms with Crippen LogP contribution >= 0.6 is 0 Å². The fourth-order valence-electron chi connectivity index (χ4n) is 1.40. The summed E-state index contributed by atoms with van der Waals surface area (Å²) in [4.78, 5) is 0. The summed E-state index contributed by atoms with van der Waals surface area (Å²) >= 11 is 0. The molecule has 0 heterocycles. The normalized spacial score (nSPS) is 19.6. The fraction of sp³-hybridized carbons (Fsp3) is 0.545. The molecule has 0 aliphatic heterocycles. The Kier molecular flexibility index (Phi) is 3.41. The van der Waals surface area contributed by atoms with Gasteiger partial charge in [-0.1, -0.05) is 37.6 Å². The van der Waals surface area contributed by atoms with E-state index in [0.717, 1.165) is 0 Å². The fourth-order valence-corrected chi connectivity index (χ4v) is 1.40. The van der Waals surface area contributed by atoms with Crippen molar-refractivity contribution in [2.45, 2.75) is 39.5 Å². The molecule has 0 fully saturated rings. The van der Waals surface area contributed by atoms with E-state index in [4.69, 9.17) is 0 Å². The standard InChI is InChI=1S/C11H17/c1-3-10-6-5-7-11(4-2)9-8-10/h5-7H,3-4,8-9H2,1-2H3. The number of hydrogen-bond donors (Lipinski definition) is 0. The van der Waals surface area contributed by atoms with Crippen LogP contribution in [0.1, 0.15) is 39.5 Å². The van der Waals surface area contributed by atoms with E-state index in [-0.39, 0.29) is 0 Å². The Hall–Kier alpha value is -0.520. The van der Waals surface area contributed by atoms with Gasteiger partial charge in [-0.15, -0.1) is 0 Å². The Morgan fingerprint density at radius 2 is 2.00 bits per heavy atom. The predicted molar refractivity (Wildman–Crippen MR) is 50.3 cm³/mol. The van der Waals surface area contributed by atoms with Gasteiger partial charge in [0.15, 0.2) is 0 Å². The highest BCUT2D eigenvalue weighted by molar-refractivity contribution is 5.23. The topological polar surface area (TPSA) is 0 Å². The minimum atomic E-state index is 1.21. The van der Waals surface area contributed by atoms with Gasteiger partial charge in [-0.25, -0.2) is 0 Å². The van der Waals surface area contributed by atoms with Crippen LogP contribution in [0.4, 0.5) is 0 Å². The lowest BCUT2D eigenvalue weighted by Crippen LogP contribution is -1.90. The quantitative estimate of drug-likeness (QED) is 0.562. The monoisotopic (exact) mass is 149 g/mol. The second kappa shape index (κ2) is 4.38. The van der Waals surface area contributed by atoms with Gasteiger partial charge < -0.3 is 0 Å². The van der Waals surface area contributed by atoms with Gasteiger partial charge >= 0.3 is 0 Å². The van der Waals surface area contributed by atoms with Crippen LogP contribution in [0.25, 0.3) is 0 Å². The van der Waals surface area contributed by atoms with Crippen LogP contribution in [0.15, 0.2) is 23.8 Å². The molecule has 0 unspecified atom stereocenters. The van der Waals surface area contributed by atoms with Crippen molar-refractivity contribution in [3.63, 3.8) is 0 Å². The van der Waals surface area contributed by atoms with Crippen LogP contribution in [-0.2, 0) is 0 Å². The molecule has 0 atom stereocenters. The van der Waals surface area contributed by atoms with Gasteiger partial charge in [0.1, 0.15) is 0 Å². The molecular weight excluding hydrogens is 132 g/mol. The first-order chi connectivity index (χ1) is 5.36. The van der Waals surface area contributed by atoms with E-state index in [1.807, 2.05) is 0 Å². The molecule has 0 saturated carbocycles. The molecular formula is C11H17. The average molecular weight is 149 g/mol. The minimum absolute atomic E-state index is 1.21. The van der Waals surface area contributed by atoms with Crippen LogP contribution in [-0.4, -0.2) is 0 Å². The highest BCUT2D eigenvalue weighted by Crippen LogP contribution is 2.23. The molecule has 1 aliphatic carbocycles. The highest BCUT2D eigenvalue weighted by atomic mass is 14.1. The third kappa shape index (κ3) is 2.53. The summed E-state index contributed by atoms with van der Waals surface area (Å²) in [5, 5.41) is 0. The first-order valence-electron chi connectivity index (χ1n) is 4.57. The number of rotatable bonds is 2. The highest BCUT2D eigenvalue weighted by Gasteiger charge is 2.05. The predicted octanol–water partition coefficient (Wildman–Crippen LogP) is 3.66. The SMILES string of the molecule is CC[C]1C=CC=C(CC)CC1. The van der Waals surface area contributed by atoms with Gasteiger partial charge in [0.25, 0.3) is 0 Å². The van der Waals surface area contributed by atoms with Gasteiger partial charge in [-0.2, -0.15) is 0 Å². The molecule has 0 bridgehead atoms. The third-order valence-electron chi connectivity index (χ3n) is 2.34. The molecule has 0 amide bonds. The average Bonchev–Trinajstić information content (AvgIpc) is 2.28. The second-order valence-corrected chi connectivity index (χ2v) is 3.05. The van der Waals surface area contributed by atoms with E-state index in [0.29, 0.717) is 0 Å². The maximum Gasteiger partial charge on any atom is -0.00237 e. The van der Waals surface area contributed by atoms with Crippen LogP contribution in [0, 0.1) is 5.92 Å². The molecule has 0 aromatic heterocycles. The lowest BCUT2D eigenvalue weighted by Gasteiger charge is -2.06. The first-order valence-corrected chi connectivity index (χ1v) is 4.57. The van der Waals surface area contributed by atoms with Crippen molar-refractivity contribution in [3.05, 3.63) is 29.7 Å². The van der Waals surface area contributed by atoms with Gasteiger partial charge in [-0.3, -0.25) is 0 Å². The second-order valence-electron chi connectivity index (χ2n) is 3.05. The molecule has 0 heteroatoms. The number of hydrogen-bond acceptors (Lipinski definition) is 0. The Morgan fingerprint density at radius 3 is 2.64 bits per heavy atom. The van der Waals surface area contributed by atoms with Crippen molar-refractivity contribution < 1.29 is 0 Å². The molecule has 0 aromatic rings.